The second-order valence-electron chi connectivity index (χ2n) is 8.21. The van der Waals surface area contributed by atoms with Crippen molar-refractivity contribution >= 4 is 8.07 Å². The maximum Gasteiger partial charge on any atom is 0.186 e. The van der Waals surface area contributed by atoms with Gasteiger partial charge in [0, 0.05) is 21.8 Å². The van der Waals surface area contributed by atoms with Gasteiger partial charge in [-0.1, -0.05) is 64.6 Å². The fraction of sp³-hybridized carbons (Fsp3) is 1.00. The highest BCUT2D eigenvalue weighted by Gasteiger charge is 2.45. The lowest BCUT2D eigenvalue weighted by molar-refractivity contribution is -0.303. The Hall–Kier alpha value is -0.0231. The largest absolute Gasteiger partial charge is 0.394 e. The highest BCUT2D eigenvalue weighted by atomic mass is 28.3. The van der Waals surface area contributed by atoms with E-state index in [0.717, 1.165) is 6.04 Å². The lowest BCUT2D eigenvalue weighted by Crippen LogP contribution is -2.59. The Labute approximate surface area is 159 Å². The third kappa shape index (κ3) is 7.92. The van der Waals surface area contributed by atoms with Crippen molar-refractivity contribution in [2.24, 2.45) is 0 Å². The molecule has 0 aliphatic carbocycles. The van der Waals surface area contributed by atoms with Crippen molar-refractivity contribution in [2.45, 2.75) is 101 Å². The summed E-state index contributed by atoms with van der Waals surface area (Å²) < 4.78 is 16.4. The number of rotatable bonds is 13. The minimum Gasteiger partial charge on any atom is -0.394 e. The monoisotopic (exact) mass is 392 g/mol. The summed E-state index contributed by atoms with van der Waals surface area (Å²) in [6.45, 7) is 7.18. The van der Waals surface area contributed by atoms with Gasteiger partial charge in [-0.2, -0.15) is 0 Å². The van der Waals surface area contributed by atoms with Crippen LogP contribution in [0.1, 0.15) is 45.4 Å². The summed E-state index contributed by atoms with van der Waals surface area (Å²) >= 11 is 0. The average Bonchev–Trinajstić information content (AvgIpc) is 2.61. The summed E-state index contributed by atoms with van der Waals surface area (Å²) in [5, 5.41) is 29.7. The van der Waals surface area contributed by atoms with E-state index >= 15 is 0 Å². The minimum atomic E-state index is -1.34. The molecule has 1 saturated heterocycles. The molecule has 0 bridgehead atoms. The lowest BCUT2D eigenvalue weighted by Gasteiger charge is -2.41. The smallest absolute Gasteiger partial charge is 0.186 e. The predicted octanol–water partition coefficient (Wildman–Crippen LogP) is 2.53. The molecule has 1 rings (SSSR count). The molecule has 1 aliphatic rings. The Morgan fingerprint density at radius 3 is 2.23 bits per heavy atom. The van der Waals surface area contributed by atoms with Crippen LogP contribution in [0.4, 0.5) is 0 Å². The van der Waals surface area contributed by atoms with Crippen LogP contribution < -0.4 is 0 Å². The molecule has 5 atom stereocenters. The zero-order valence-electron chi connectivity index (χ0n) is 17.0. The van der Waals surface area contributed by atoms with E-state index in [1.165, 1.54) is 51.7 Å². The quantitative estimate of drug-likeness (QED) is 0.330. The second kappa shape index (κ2) is 12.4. The molecule has 0 saturated carbocycles. The summed E-state index contributed by atoms with van der Waals surface area (Å²) in [5.74, 6) is 0. The standard InChI is InChI=1S/C19H40O6Si/c1-5-6-7-8-9-10-12-26(3,4)13-11-24-19-17(22)16(21)18(23-2)15(14-20)25-19/h15-22H,5-14H2,1-4H3. The zero-order valence-corrected chi connectivity index (χ0v) is 18.0. The maximum atomic E-state index is 10.2. The molecule has 0 aromatic carbocycles. The molecule has 1 heterocycles. The van der Waals surface area contributed by atoms with E-state index in [9.17, 15) is 15.3 Å². The molecule has 26 heavy (non-hydrogen) atoms. The summed E-state index contributed by atoms with van der Waals surface area (Å²) in [6.07, 6.45) is 3.20. The van der Waals surface area contributed by atoms with Crippen molar-refractivity contribution in [1.82, 2.24) is 0 Å². The van der Waals surface area contributed by atoms with Crippen molar-refractivity contribution in [2.75, 3.05) is 20.3 Å². The van der Waals surface area contributed by atoms with E-state index in [1.54, 1.807) is 0 Å². The van der Waals surface area contributed by atoms with Crippen molar-refractivity contribution < 1.29 is 29.5 Å². The minimum absolute atomic E-state index is 0.291. The molecular weight excluding hydrogens is 352 g/mol. The van der Waals surface area contributed by atoms with Gasteiger partial charge in [-0.3, -0.25) is 0 Å². The first-order chi connectivity index (χ1) is 12.4. The molecule has 3 N–H and O–H groups in total. The fourth-order valence-corrected chi connectivity index (χ4v) is 5.57. The molecule has 156 valence electrons. The number of aliphatic hydroxyl groups is 3. The summed E-state index contributed by atoms with van der Waals surface area (Å²) in [7, 11) is 0.0810. The fourth-order valence-electron chi connectivity index (χ4n) is 3.44. The Kier molecular flexibility index (Phi) is 11.5. The normalized spacial score (nSPS) is 29.9. The predicted molar refractivity (Wildman–Crippen MR) is 105 cm³/mol. The van der Waals surface area contributed by atoms with Crippen molar-refractivity contribution in [3.63, 3.8) is 0 Å². The molecule has 0 spiro atoms. The van der Waals surface area contributed by atoms with E-state index in [-0.39, 0.29) is 6.61 Å². The molecule has 1 fully saturated rings. The topological polar surface area (TPSA) is 88.4 Å². The lowest BCUT2D eigenvalue weighted by atomic mass is 9.99. The molecule has 6 nitrogen and oxygen atoms in total. The first kappa shape index (κ1) is 24.0. The summed E-state index contributed by atoms with van der Waals surface area (Å²) in [5.41, 5.74) is 0. The van der Waals surface area contributed by atoms with Crippen LogP contribution in [0.3, 0.4) is 0 Å². The number of hydrogen-bond donors (Lipinski definition) is 3. The van der Waals surface area contributed by atoms with E-state index in [0.29, 0.717) is 6.61 Å². The van der Waals surface area contributed by atoms with Gasteiger partial charge in [-0.25, -0.2) is 0 Å². The van der Waals surface area contributed by atoms with E-state index in [4.69, 9.17) is 14.2 Å². The van der Waals surface area contributed by atoms with Crippen LogP contribution in [0.25, 0.3) is 0 Å². The molecule has 7 heteroatoms. The van der Waals surface area contributed by atoms with Gasteiger partial charge < -0.3 is 29.5 Å². The first-order valence-corrected chi connectivity index (χ1v) is 13.5. The number of hydrogen-bond acceptors (Lipinski definition) is 6. The Morgan fingerprint density at radius 2 is 1.62 bits per heavy atom. The number of ether oxygens (including phenoxy) is 3. The van der Waals surface area contributed by atoms with Crippen LogP contribution in [0.2, 0.25) is 25.2 Å². The molecule has 0 radical (unpaired) electrons. The van der Waals surface area contributed by atoms with Gasteiger partial charge in [0.25, 0.3) is 0 Å². The molecular formula is C19H40O6Si. The zero-order chi connectivity index (χ0) is 19.6. The molecule has 0 amide bonds. The Morgan fingerprint density at radius 1 is 0.962 bits per heavy atom. The van der Waals surface area contributed by atoms with Crippen molar-refractivity contribution in [1.29, 1.82) is 0 Å². The number of methoxy groups -OCH3 is 1. The van der Waals surface area contributed by atoms with Gasteiger partial charge in [0.1, 0.15) is 24.4 Å². The number of aliphatic hydroxyl groups excluding tert-OH is 3. The SMILES string of the molecule is CCCCCCCC[Si](C)(C)CCOC1OC(CO)C(OC)C(O)C1O. The van der Waals surface area contributed by atoms with Crippen LogP contribution >= 0.6 is 0 Å². The molecule has 0 aromatic heterocycles. The molecule has 5 unspecified atom stereocenters. The second-order valence-corrected chi connectivity index (χ2v) is 13.5. The summed E-state index contributed by atoms with van der Waals surface area (Å²) in [6, 6.07) is 2.27. The Balaban J connectivity index is 2.32. The van der Waals surface area contributed by atoms with Gasteiger partial charge in [0.05, 0.1) is 6.61 Å². The first-order valence-electron chi connectivity index (χ1n) is 10.1. The van der Waals surface area contributed by atoms with Gasteiger partial charge in [-0.15, -0.1) is 0 Å². The molecule has 1 aliphatic heterocycles. The van der Waals surface area contributed by atoms with Crippen molar-refractivity contribution in [3.8, 4) is 0 Å². The van der Waals surface area contributed by atoms with E-state index < -0.39 is 38.8 Å². The van der Waals surface area contributed by atoms with Crippen molar-refractivity contribution in [3.05, 3.63) is 0 Å². The van der Waals surface area contributed by atoms with Crippen LogP contribution in [-0.4, -0.2) is 74.4 Å². The highest BCUT2D eigenvalue weighted by molar-refractivity contribution is 6.77. The van der Waals surface area contributed by atoms with Crippen LogP contribution in [0.5, 0.6) is 0 Å². The number of unbranched alkanes of at least 4 members (excludes halogenated alkanes) is 5. The maximum absolute atomic E-state index is 10.2. The third-order valence-electron chi connectivity index (χ3n) is 5.36. The van der Waals surface area contributed by atoms with Gasteiger partial charge in [-0.05, 0) is 6.04 Å². The Bertz CT molecular complexity index is 366. The van der Waals surface area contributed by atoms with E-state index in [2.05, 4.69) is 20.0 Å². The average molecular weight is 393 g/mol. The summed E-state index contributed by atoms with van der Waals surface area (Å²) in [4.78, 5) is 0. The third-order valence-corrected chi connectivity index (χ3v) is 8.63. The van der Waals surface area contributed by atoms with Gasteiger partial charge in [0.2, 0.25) is 0 Å². The van der Waals surface area contributed by atoms with Crippen LogP contribution in [0, 0.1) is 0 Å². The highest BCUT2D eigenvalue weighted by Crippen LogP contribution is 2.25. The van der Waals surface area contributed by atoms with E-state index in [1.807, 2.05) is 0 Å². The van der Waals surface area contributed by atoms with Gasteiger partial charge in [0.15, 0.2) is 6.29 Å². The molecule has 0 aromatic rings. The van der Waals surface area contributed by atoms with Gasteiger partial charge >= 0.3 is 0 Å². The van der Waals surface area contributed by atoms with Crippen LogP contribution in [0.15, 0.2) is 0 Å². The van der Waals surface area contributed by atoms with Crippen LogP contribution in [-0.2, 0) is 14.2 Å².